The van der Waals surface area contributed by atoms with Crippen LogP contribution in [0.1, 0.15) is 5.56 Å². The van der Waals surface area contributed by atoms with Gasteiger partial charge in [0.25, 0.3) is 6.43 Å². The molecule has 0 unspecified atom stereocenters. The number of nitrogen functional groups attached to an aromatic ring is 1. The molecule has 0 aliphatic heterocycles. The van der Waals surface area contributed by atoms with Crippen LogP contribution in [-0.4, -0.2) is 22.9 Å². The van der Waals surface area contributed by atoms with E-state index in [0.717, 1.165) is 6.07 Å². The zero-order valence-corrected chi connectivity index (χ0v) is 8.31. The van der Waals surface area contributed by atoms with E-state index >= 15 is 0 Å². The summed E-state index contributed by atoms with van der Waals surface area (Å²) in [6.45, 7) is 0.630. The molecule has 0 aromatic carbocycles. The van der Waals surface area contributed by atoms with Crippen LogP contribution in [-0.2, 0) is 0 Å². The first-order valence-corrected chi connectivity index (χ1v) is 4.24. The van der Waals surface area contributed by atoms with E-state index in [1.165, 1.54) is 6.92 Å². The maximum Gasteiger partial charge on any atom is 0.311 e. The molecule has 16 heavy (non-hydrogen) atoms. The number of aromatic nitrogens is 1. The molecule has 0 spiro atoms. The predicted octanol–water partition coefficient (Wildman–Crippen LogP) is 1.52. The zero-order valence-electron chi connectivity index (χ0n) is 8.31. The summed E-state index contributed by atoms with van der Waals surface area (Å²) in [4.78, 5) is 13.3. The number of aryl methyl sites for hydroxylation is 1. The molecule has 1 heterocycles. The molecule has 0 saturated carbocycles. The summed E-state index contributed by atoms with van der Waals surface area (Å²) >= 11 is 0. The van der Waals surface area contributed by atoms with Gasteiger partial charge in [0.1, 0.15) is 0 Å². The number of hydrogen-bond donors (Lipinski definition) is 1. The topological polar surface area (TPSA) is 91.3 Å². The van der Waals surface area contributed by atoms with Gasteiger partial charge in [-0.05, 0) is 6.92 Å². The van der Waals surface area contributed by atoms with Crippen LogP contribution in [0.2, 0.25) is 0 Å². The van der Waals surface area contributed by atoms with Gasteiger partial charge >= 0.3 is 5.69 Å². The van der Waals surface area contributed by atoms with Crippen molar-refractivity contribution in [3.8, 4) is 5.88 Å². The summed E-state index contributed by atoms with van der Waals surface area (Å²) in [6, 6.07) is 1.13. The van der Waals surface area contributed by atoms with Crippen molar-refractivity contribution in [3.05, 3.63) is 21.7 Å². The molecular weight excluding hydrogens is 224 g/mol. The molecule has 2 N–H and O–H groups in total. The van der Waals surface area contributed by atoms with Crippen molar-refractivity contribution < 1.29 is 18.4 Å². The average Bonchev–Trinajstić information content (AvgIpc) is 2.18. The van der Waals surface area contributed by atoms with Gasteiger partial charge in [-0.3, -0.25) is 10.1 Å². The van der Waals surface area contributed by atoms with Crippen LogP contribution in [0.4, 0.5) is 20.3 Å². The lowest BCUT2D eigenvalue weighted by molar-refractivity contribution is -0.384. The fraction of sp³-hybridized carbons (Fsp3) is 0.375. The Morgan fingerprint density at radius 2 is 2.31 bits per heavy atom. The SMILES string of the molecule is Cc1cc([N+](=O)[O-])c(N)nc1OCC(F)F. The first kappa shape index (κ1) is 12.1. The Hall–Kier alpha value is -1.99. The zero-order chi connectivity index (χ0) is 12.3. The highest BCUT2D eigenvalue weighted by Crippen LogP contribution is 2.26. The molecule has 0 fully saturated rings. The number of anilines is 1. The highest BCUT2D eigenvalue weighted by atomic mass is 19.3. The van der Waals surface area contributed by atoms with Crippen LogP contribution in [0, 0.1) is 17.0 Å². The van der Waals surface area contributed by atoms with Crippen molar-refractivity contribution in [3.63, 3.8) is 0 Å². The maximum absolute atomic E-state index is 11.9. The van der Waals surface area contributed by atoms with Crippen molar-refractivity contribution >= 4 is 11.5 Å². The maximum atomic E-state index is 11.9. The molecule has 0 atom stereocenters. The van der Waals surface area contributed by atoms with Gasteiger partial charge in [-0.15, -0.1) is 0 Å². The number of nitro groups is 1. The van der Waals surface area contributed by atoms with E-state index in [0.29, 0.717) is 0 Å². The first-order valence-electron chi connectivity index (χ1n) is 4.24. The Kier molecular flexibility index (Phi) is 3.54. The van der Waals surface area contributed by atoms with Crippen LogP contribution in [0.3, 0.4) is 0 Å². The Morgan fingerprint density at radius 1 is 1.69 bits per heavy atom. The largest absolute Gasteiger partial charge is 0.471 e. The van der Waals surface area contributed by atoms with Crippen molar-refractivity contribution in [2.75, 3.05) is 12.3 Å². The Balaban J connectivity index is 2.96. The van der Waals surface area contributed by atoms with Gasteiger partial charge in [0.05, 0.1) is 4.92 Å². The second-order valence-corrected chi connectivity index (χ2v) is 2.97. The number of alkyl halides is 2. The minimum atomic E-state index is -2.64. The second-order valence-electron chi connectivity index (χ2n) is 2.97. The smallest absolute Gasteiger partial charge is 0.311 e. The van der Waals surface area contributed by atoms with Gasteiger partial charge in [0, 0.05) is 11.6 Å². The first-order chi connectivity index (χ1) is 7.41. The van der Waals surface area contributed by atoms with Crippen molar-refractivity contribution in [2.45, 2.75) is 13.3 Å². The minimum Gasteiger partial charge on any atom is -0.471 e. The lowest BCUT2D eigenvalue weighted by atomic mass is 10.2. The van der Waals surface area contributed by atoms with Crippen LogP contribution in [0.5, 0.6) is 5.88 Å². The Bertz CT molecular complexity index is 412. The molecule has 0 bridgehead atoms. The van der Waals surface area contributed by atoms with E-state index in [9.17, 15) is 18.9 Å². The number of rotatable bonds is 4. The molecule has 88 valence electrons. The van der Waals surface area contributed by atoms with Crippen LogP contribution < -0.4 is 10.5 Å². The Labute approximate surface area is 89.2 Å². The van der Waals surface area contributed by atoms with Crippen LogP contribution in [0.25, 0.3) is 0 Å². The molecule has 6 nitrogen and oxygen atoms in total. The molecule has 1 aromatic rings. The summed E-state index contributed by atoms with van der Waals surface area (Å²) in [5.74, 6) is -0.483. The van der Waals surface area contributed by atoms with E-state index < -0.39 is 18.0 Å². The summed E-state index contributed by atoms with van der Waals surface area (Å²) < 4.78 is 28.4. The normalized spacial score (nSPS) is 10.5. The molecule has 1 aromatic heterocycles. The van der Waals surface area contributed by atoms with E-state index in [4.69, 9.17) is 5.73 Å². The third-order valence-electron chi connectivity index (χ3n) is 1.72. The summed E-state index contributed by atoms with van der Waals surface area (Å²) in [5, 5.41) is 10.5. The molecule has 1 rings (SSSR count). The number of nitrogens with two attached hydrogens (primary N) is 1. The van der Waals surface area contributed by atoms with Crippen molar-refractivity contribution in [2.24, 2.45) is 0 Å². The van der Waals surface area contributed by atoms with E-state index in [2.05, 4.69) is 9.72 Å². The molecule has 0 aliphatic carbocycles. The fourth-order valence-corrected chi connectivity index (χ4v) is 1.03. The molecule has 0 aliphatic rings. The second kappa shape index (κ2) is 4.69. The molecular formula is C8H9F2N3O3. The summed E-state index contributed by atoms with van der Waals surface area (Å²) in [6.07, 6.45) is -2.64. The summed E-state index contributed by atoms with van der Waals surface area (Å²) in [5.41, 5.74) is 5.18. The third kappa shape index (κ3) is 2.75. The molecule has 0 radical (unpaired) electrons. The highest BCUT2D eigenvalue weighted by Gasteiger charge is 2.17. The van der Waals surface area contributed by atoms with Crippen molar-refractivity contribution in [1.82, 2.24) is 4.98 Å². The van der Waals surface area contributed by atoms with Crippen LogP contribution >= 0.6 is 0 Å². The predicted molar refractivity (Wildman–Crippen MR) is 51.5 cm³/mol. The third-order valence-corrected chi connectivity index (χ3v) is 1.72. The number of ether oxygens (including phenoxy) is 1. The fourth-order valence-electron chi connectivity index (χ4n) is 1.03. The number of nitrogens with zero attached hydrogens (tertiary/aromatic N) is 2. The van der Waals surface area contributed by atoms with Gasteiger partial charge in [-0.1, -0.05) is 0 Å². The van der Waals surface area contributed by atoms with Crippen molar-refractivity contribution in [1.29, 1.82) is 0 Å². The quantitative estimate of drug-likeness (QED) is 0.628. The van der Waals surface area contributed by atoms with Gasteiger partial charge in [-0.25, -0.2) is 8.78 Å². The van der Waals surface area contributed by atoms with Gasteiger partial charge < -0.3 is 10.5 Å². The molecule has 0 saturated heterocycles. The van der Waals surface area contributed by atoms with E-state index in [-0.39, 0.29) is 22.9 Å². The van der Waals surface area contributed by atoms with Gasteiger partial charge in [0.15, 0.2) is 6.61 Å². The standard InChI is InChI=1S/C8H9F2N3O3/c1-4-2-5(13(14)15)7(11)12-8(4)16-3-6(9)10/h2,6H,3H2,1H3,(H2,11,12). The van der Waals surface area contributed by atoms with E-state index in [1.807, 2.05) is 0 Å². The lowest BCUT2D eigenvalue weighted by Gasteiger charge is -2.08. The number of halogens is 2. The lowest BCUT2D eigenvalue weighted by Crippen LogP contribution is -2.10. The number of pyridine rings is 1. The molecule has 0 amide bonds. The molecule has 8 heteroatoms. The van der Waals surface area contributed by atoms with E-state index in [1.54, 1.807) is 0 Å². The monoisotopic (exact) mass is 233 g/mol. The van der Waals surface area contributed by atoms with Crippen LogP contribution in [0.15, 0.2) is 6.07 Å². The Morgan fingerprint density at radius 3 is 2.81 bits per heavy atom. The summed E-state index contributed by atoms with van der Waals surface area (Å²) in [7, 11) is 0. The highest BCUT2D eigenvalue weighted by molar-refractivity contribution is 5.55. The average molecular weight is 233 g/mol. The van der Waals surface area contributed by atoms with Gasteiger partial charge in [0.2, 0.25) is 11.7 Å². The minimum absolute atomic E-state index is 0.122. The number of hydrogen-bond acceptors (Lipinski definition) is 5. The van der Waals surface area contributed by atoms with Gasteiger partial charge in [-0.2, -0.15) is 4.98 Å².